The second-order valence-corrected chi connectivity index (χ2v) is 8.20. The molecule has 0 atom stereocenters. The lowest BCUT2D eigenvalue weighted by molar-refractivity contribution is 0.538. The molecular formula is C18H19N7S. The van der Waals surface area contributed by atoms with Crippen molar-refractivity contribution in [3.63, 3.8) is 0 Å². The van der Waals surface area contributed by atoms with Gasteiger partial charge in [0.15, 0.2) is 11.5 Å². The highest BCUT2D eigenvalue weighted by Crippen LogP contribution is 2.32. The first kappa shape index (κ1) is 16.7. The number of aromatic amines is 1. The summed E-state index contributed by atoms with van der Waals surface area (Å²) >= 11 is 1.71. The van der Waals surface area contributed by atoms with E-state index in [1.807, 2.05) is 18.2 Å². The maximum absolute atomic E-state index is 4.36. The van der Waals surface area contributed by atoms with Crippen molar-refractivity contribution < 1.29 is 0 Å². The third-order valence-corrected chi connectivity index (χ3v) is 5.08. The van der Waals surface area contributed by atoms with E-state index in [9.17, 15) is 0 Å². The van der Waals surface area contributed by atoms with Crippen molar-refractivity contribution in [3.8, 4) is 0 Å². The Labute approximate surface area is 155 Å². The van der Waals surface area contributed by atoms with Crippen LogP contribution in [0, 0.1) is 0 Å². The molecule has 26 heavy (non-hydrogen) atoms. The highest BCUT2D eigenvalue weighted by atomic mass is 32.2. The predicted molar refractivity (Wildman–Crippen MR) is 99.2 cm³/mol. The summed E-state index contributed by atoms with van der Waals surface area (Å²) in [5, 5.41) is 22.9. The molecule has 1 N–H and O–H groups in total. The first-order valence-electron chi connectivity index (χ1n) is 8.34. The van der Waals surface area contributed by atoms with E-state index in [1.165, 1.54) is 10.5 Å². The van der Waals surface area contributed by atoms with Crippen LogP contribution in [-0.4, -0.2) is 35.2 Å². The molecule has 0 saturated carbocycles. The third-order valence-electron chi connectivity index (χ3n) is 3.98. The number of hydrogen-bond acceptors (Lipinski definition) is 6. The maximum Gasteiger partial charge on any atom is 0.178 e. The number of rotatable bonds is 4. The lowest BCUT2D eigenvalue weighted by atomic mass is 9.96. The second-order valence-electron chi connectivity index (χ2n) is 7.08. The van der Waals surface area contributed by atoms with Crippen LogP contribution in [0.2, 0.25) is 0 Å². The highest BCUT2D eigenvalue weighted by Gasteiger charge is 2.21. The number of aromatic nitrogens is 7. The zero-order valence-corrected chi connectivity index (χ0v) is 15.7. The van der Waals surface area contributed by atoms with Crippen LogP contribution < -0.4 is 0 Å². The molecule has 4 rings (SSSR count). The molecule has 8 heteroatoms. The molecule has 0 spiro atoms. The monoisotopic (exact) mass is 365 g/mol. The third kappa shape index (κ3) is 3.32. The molecule has 0 amide bonds. The quantitative estimate of drug-likeness (QED) is 0.597. The Hall–Kier alpha value is -2.74. The van der Waals surface area contributed by atoms with Gasteiger partial charge in [-0.3, -0.25) is 4.40 Å². The number of tetrazole rings is 1. The van der Waals surface area contributed by atoms with Crippen molar-refractivity contribution in [2.24, 2.45) is 0 Å². The first-order valence-corrected chi connectivity index (χ1v) is 9.16. The molecule has 3 heterocycles. The van der Waals surface area contributed by atoms with E-state index in [-0.39, 0.29) is 5.41 Å². The normalized spacial score (nSPS) is 12.0. The Kier molecular flexibility index (Phi) is 4.20. The molecule has 1 aromatic carbocycles. The highest BCUT2D eigenvalue weighted by molar-refractivity contribution is 7.99. The topological polar surface area (TPSA) is 84.6 Å². The SMILES string of the molecule is CC(C)(C)c1nnc2ccc(Sc3ccccc3Cc3nn[nH]n3)cn12. The zero-order chi connectivity index (χ0) is 18.1. The van der Waals surface area contributed by atoms with Crippen LogP contribution >= 0.6 is 11.8 Å². The van der Waals surface area contributed by atoms with Gasteiger partial charge in [0, 0.05) is 27.8 Å². The molecule has 0 radical (unpaired) electrons. The maximum atomic E-state index is 4.36. The summed E-state index contributed by atoms with van der Waals surface area (Å²) in [6, 6.07) is 12.4. The van der Waals surface area contributed by atoms with Gasteiger partial charge in [-0.15, -0.1) is 20.4 Å². The smallest absolute Gasteiger partial charge is 0.178 e. The van der Waals surface area contributed by atoms with Gasteiger partial charge in [-0.25, -0.2) is 0 Å². The van der Waals surface area contributed by atoms with Gasteiger partial charge >= 0.3 is 0 Å². The Morgan fingerprint density at radius 3 is 2.65 bits per heavy atom. The molecule has 0 bridgehead atoms. The fourth-order valence-corrected chi connectivity index (χ4v) is 3.71. The minimum atomic E-state index is -0.0702. The summed E-state index contributed by atoms with van der Waals surface area (Å²) in [5.74, 6) is 1.64. The molecular weight excluding hydrogens is 346 g/mol. The average molecular weight is 365 g/mol. The number of pyridine rings is 1. The molecule has 0 fully saturated rings. The van der Waals surface area contributed by atoms with Crippen LogP contribution in [0.4, 0.5) is 0 Å². The van der Waals surface area contributed by atoms with Crippen molar-refractivity contribution in [2.75, 3.05) is 0 Å². The van der Waals surface area contributed by atoms with Crippen LogP contribution in [0.5, 0.6) is 0 Å². The molecule has 0 unspecified atom stereocenters. The van der Waals surface area contributed by atoms with Crippen molar-refractivity contribution >= 4 is 17.4 Å². The minimum Gasteiger partial charge on any atom is -0.285 e. The van der Waals surface area contributed by atoms with Gasteiger partial charge in [0.05, 0.1) is 0 Å². The Morgan fingerprint density at radius 2 is 1.88 bits per heavy atom. The second kappa shape index (κ2) is 6.53. The van der Waals surface area contributed by atoms with Crippen molar-refractivity contribution in [1.82, 2.24) is 35.2 Å². The Morgan fingerprint density at radius 1 is 1.04 bits per heavy atom. The van der Waals surface area contributed by atoms with Gasteiger partial charge in [-0.2, -0.15) is 5.21 Å². The van der Waals surface area contributed by atoms with E-state index < -0.39 is 0 Å². The van der Waals surface area contributed by atoms with Gasteiger partial charge in [-0.05, 0) is 23.8 Å². The number of benzene rings is 1. The van der Waals surface area contributed by atoms with Crippen LogP contribution in [0.15, 0.2) is 52.4 Å². The number of nitrogens with zero attached hydrogens (tertiary/aromatic N) is 6. The largest absolute Gasteiger partial charge is 0.285 e. The van der Waals surface area contributed by atoms with E-state index in [0.29, 0.717) is 12.2 Å². The minimum absolute atomic E-state index is 0.0702. The van der Waals surface area contributed by atoms with Crippen LogP contribution in [0.1, 0.15) is 38.0 Å². The van der Waals surface area contributed by atoms with Crippen LogP contribution in [-0.2, 0) is 11.8 Å². The van der Waals surface area contributed by atoms with Gasteiger partial charge in [0.1, 0.15) is 5.82 Å². The van der Waals surface area contributed by atoms with E-state index in [0.717, 1.165) is 16.4 Å². The Bertz CT molecular complexity index is 1030. The van der Waals surface area contributed by atoms with Gasteiger partial charge in [0.2, 0.25) is 0 Å². The molecule has 4 aromatic rings. The van der Waals surface area contributed by atoms with Gasteiger partial charge < -0.3 is 0 Å². The number of hydrogen-bond donors (Lipinski definition) is 1. The van der Waals surface area contributed by atoms with Crippen LogP contribution in [0.25, 0.3) is 5.65 Å². The zero-order valence-electron chi connectivity index (χ0n) is 14.8. The summed E-state index contributed by atoms with van der Waals surface area (Å²) in [4.78, 5) is 2.30. The molecule has 0 aliphatic carbocycles. The Balaban J connectivity index is 1.67. The van der Waals surface area contributed by atoms with Crippen molar-refractivity contribution in [3.05, 3.63) is 59.8 Å². The first-order chi connectivity index (χ1) is 12.5. The number of nitrogens with one attached hydrogen (secondary N) is 1. The molecule has 132 valence electrons. The van der Waals surface area contributed by atoms with E-state index in [1.54, 1.807) is 11.8 Å². The molecule has 3 aromatic heterocycles. The molecule has 7 nitrogen and oxygen atoms in total. The fraction of sp³-hybridized carbons (Fsp3) is 0.278. The number of H-pyrrole nitrogens is 1. The molecule has 0 aliphatic rings. The van der Waals surface area contributed by atoms with E-state index in [2.05, 4.69) is 80.4 Å². The summed E-state index contributed by atoms with van der Waals surface area (Å²) in [6.45, 7) is 6.43. The van der Waals surface area contributed by atoms with E-state index >= 15 is 0 Å². The summed E-state index contributed by atoms with van der Waals surface area (Å²) in [6.07, 6.45) is 2.74. The van der Waals surface area contributed by atoms with Gasteiger partial charge in [0.25, 0.3) is 0 Å². The lowest BCUT2D eigenvalue weighted by Gasteiger charge is -2.16. The average Bonchev–Trinajstić information content (AvgIpc) is 3.25. The van der Waals surface area contributed by atoms with E-state index in [4.69, 9.17) is 0 Å². The predicted octanol–water partition coefficient (Wildman–Crippen LogP) is 3.28. The fourth-order valence-electron chi connectivity index (χ4n) is 2.75. The van der Waals surface area contributed by atoms with Crippen molar-refractivity contribution in [2.45, 2.75) is 42.4 Å². The molecule has 0 saturated heterocycles. The lowest BCUT2D eigenvalue weighted by Crippen LogP contribution is -2.15. The summed E-state index contributed by atoms with van der Waals surface area (Å²) < 4.78 is 2.07. The van der Waals surface area contributed by atoms with Crippen LogP contribution in [0.3, 0.4) is 0 Å². The number of fused-ring (bicyclic) bond motifs is 1. The summed E-state index contributed by atoms with van der Waals surface area (Å²) in [7, 11) is 0. The standard InChI is InChI=1S/C18H19N7S/c1-18(2,3)17-22-21-16-9-8-13(11-25(16)17)26-14-7-5-4-6-12(14)10-15-19-23-24-20-15/h4-9,11H,10H2,1-3H3,(H,19,20,23,24). The van der Waals surface area contributed by atoms with Crippen molar-refractivity contribution in [1.29, 1.82) is 0 Å². The summed E-state index contributed by atoms with van der Waals surface area (Å²) in [5.41, 5.74) is 1.96. The molecule has 0 aliphatic heterocycles. The van der Waals surface area contributed by atoms with Gasteiger partial charge in [-0.1, -0.05) is 55.9 Å².